The lowest BCUT2D eigenvalue weighted by Crippen LogP contribution is -2.09. The van der Waals surface area contributed by atoms with Gasteiger partial charge in [-0.3, -0.25) is 0 Å². The fraction of sp³-hybridized carbons (Fsp3) is 0.364. The summed E-state index contributed by atoms with van der Waals surface area (Å²) >= 11 is 0. The van der Waals surface area contributed by atoms with Crippen molar-refractivity contribution < 1.29 is 9.84 Å². The molecule has 6 heteroatoms. The van der Waals surface area contributed by atoms with Gasteiger partial charge in [-0.15, -0.1) is 5.10 Å². The van der Waals surface area contributed by atoms with Crippen molar-refractivity contribution in [2.75, 3.05) is 13.7 Å². The summed E-state index contributed by atoms with van der Waals surface area (Å²) in [5, 5.41) is 20.2. The van der Waals surface area contributed by atoms with E-state index in [0.29, 0.717) is 18.8 Å². The van der Waals surface area contributed by atoms with Crippen LogP contribution in [-0.4, -0.2) is 39.0 Å². The van der Waals surface area contributed by atoms with Gasteiger partial charge in [-0.1, -0.05) is 18.2 Å². The molecule has 1 N–H and O–H groups in total. The molecule has 0 radical (unpaired) electrons. The number of para-hydroxylation sites is 1. The van der Waals surface area contributed by atoms with E-state index >= 15 is 0 Å². The number of hydrogen-bond donors (Lipinski definition) is 1. The molecule has 0 saturated heterocycles. The second kappa shape index (κ2) is 5.40. The molecule has 0 fully saturated rings. The zero-order chi connectivity index (χ0) is 12.1. The quantitative estimate of drug-likeness (QED) is 0.803. The van der Waals surface area contributed by atoms with Gasteiger partial charge in [0, 0.05) is 12.0 Å². The summed E-state index contributed by atoms with van der Waals surface area (Å²) in [7, 11) is 1.63. The Morgan fingerprint density at radius 1 is 1.35 bits per heavy atom. The summed E-state index contributed by atoms with van der Waals surface area (Å²) in [6.07, 6.45) is 0.580. The molecule has 6 nitrogen and oxygen atoms in total. The Morgan fingerprint density at radius 3 is 2.94 bits per heavy atom. The van der Waals surface area contributed by atoms with Crippen LogP contribution in [0.15, 0.2) is 24.3 Å². The van der Waals surface area contributed by atoms with Crippen LogP contribution in [0, 0.1) is 0 Å². The van der Waals surface area contributed by atoms with Crippen molar-refractivity contribution in [2.45, 2.75) is 13.0 Å². The van der Waals surface area contributed by atoms with E-state index in [-0.39, 0.29) is 6.61 Å². The van der Waals surface area contributed by atoms with Gasteiger partial charge in [0.25, 0.3) is 0 Å². The van der Waals surface area contributed by atoms with Gasteiger partial charge in [0.15, 0.2) is 5.82 Å². The molecule has 2 aromatic rings. The SMILES string of the molecule is COc1ccccc1Cc1nnnn1CCO. The van der Waals surface area contributed by atoms with Gasteiger partial charge in [-0.05, 0) is 16.5 Å². The van der Waals surface area contributed by atoms with Gasteiger partial charge in [0.1, 0.15) is 5.75 Å². The third kappa shape index (κ3) is 2.59. The highest BCUT2D eigenvalue weighted by Crippen LogP contribution is 2.19. The smallest absolute Gasteiger partial charge is 0.155 e. The molecule has 1 aromatic carbocycles. The maximum Gasteiger partial charge on any atom is 0.155 e. The first-order chi connectivity index (χ1) is 8.35. The van der Waals surface area contributed by atoms with Crippen molar-refractivity contribution in [2.24, 2.45) is 0 Å². The Hall–Kier alpha value is -1.95. The second-order valence-electron chi connectivity index (χ2n) is 3.53. The van der Waals surface area contributed by atoms with E-state index in [0.717, 1.165) is 11.3 Å². The molecule has 90 valence electrons. The standard InChI is InChI=1S/C11H14N4O2/c1-17-10-5-3-2-4-9(10)8-11-12-13-14-15(11)6-7-16/h2-5,16H,6-8H2,1H3. The highest BCUT2D eigenvalue weighted by Gasteiger charge is 2.09. The van der Waals surface area contributed by atoms with E-state index < -0.39 is 0 Å². The lowest BCUT2D eigenvalue weighted by atomic mass is 10.1. The van der Waals surface area contributed by atoms with Crippen LogP contribution in [0.25, 0.3) is 0 Å². The number of tetrazole rings is 1. The van der Waals surface area contributed by atoms with Crippen LogP contribution in [0.5, 0.6) is 5.75 Å². The summed E-state index contributed by atoms with van der Waals surface area (Å²) in [5.74, 6) is 1.52. The zero-order valence-electron chi connectivity index (χ0n) is 9.58. The molecule has 0 spiro atoms. The maximum atomic E-state index is 8.89. The first-order valence-corrected chi connectivity index (χ1v) is 5.33. The van der Waals surface area contributed by atoms with E-state index in [1.807, 2.05) is 24.3 Å². The van der Waals surface area contributed by atoms with Crippen molar-refractivity contribution in [1.29, 1.82) is 0 Å². The number of hydrogen-bond acceptors (Lipinski definition) is 5. The van der Waals surface area contributed by atoms with Crippen molar-refractivity contribution in [3.63, 3.8) is 0 Å². The minimum atomic E-state index is 0.0178. The molecule has 1 aromatic heterocycles. The molecule has 0 unspecified atom stereocenters. The molecule has 0 aliphatic heterocycles. The predicted octanol–water partition coefficient (Wildman–Crippen LogP) is 0.265. The Kier molecular flexibility index (Phi) is 3.66. The van der Waals surface area contributed by atoms with Crippen LogP contribution in [0.4, 0.5) is 0 Å². The molecule has 0 aliphatic rings. The average Bonchev–Trinajstić information content (AvgIpc) is 2.78. The van der Waals surface area contributed by atoms with E-state index in [9.17, 15) is 0 Å². The van der Waals surface area contributed by atoms with Gasteiger partial charge >= 0.3 is 0 Å². The van der Waals surface area contributed by atoms with Crippen molar-refractivity contribution >= 4 is 0 Å². The maximum absolute atomic E-state index is 8.89. The highest BCUT2D eigenvalue weighted by molar-refractivity contribution is 5.35. The topological polar surface area (TPSA) is 73.1 Å². The van der Waals surface area contributed by atoms with Gasteiger partial charge in [-0.2, -0.15) is 0 Å². The summed E-state index contributed by atoms with van der Waals surface area (Å²) in [6.45, 7) is 0.418. The molecular weight excluding hydrogens is 220 g/mol. The normalized spacial score (nSPS) is 10.5. The fourth-order valence-electron chi connectivity index (χ4n) is 1.64. The van der Waals surface area contributed by atoms with Crippen LogP contribution in [0.1, 0.15) is 11.4 Å². The number of aliphatic hydroxyl groups is 1. The zero-order valence-corrected chi connectivity index (χ0v) is 9.58. The number of nitrogens with zero attached hydrogens (tertiary/aromatic N) is 4. The van der Waals surface area contributed by atoms with Gasteiger partial charge in [0.05, 0.1) is 20.3 Å². The summed E-state index contributed by atoms with van der Waals surface area (Å²) in [4.78, 5) is 0. The molecule has 0 aliphatic carbocycles. The van der Waals surface area contributed by atoms with Crippen LogP contribution in [0.3, 0.4) is 0 Å². The Labute approximate surface area is 98.8 Å². The monoisotopic (exact) mass is 234 g/mol. The number of rotatable bonds is 5. The summed E-state index contributed by atoms with van der Waals surface area (Å²) < 4.78 is 6.86. The Morgan fingerprint density at radius 2 is 2.18 bits per heavy atom. The van der Waals surface area contributed by atoms with Crippen molar-refractivity contribution in [3.8, 4) is 5.75 Å². The summed E-state index contributed by atoms with van der Waals surface area (Å²) in [5.41, 5.74) is 1.02. The van der Waals surface area contributed by atoms with Gasteiger partial charge in [0.2, 0.25) is 0 Å². The lowest BCUT2D eigenvalue weighted by molar-refractivity contribution is 0.266. The van der Waals surface area contributed by atoms with E-state index in [2.05, 4.69) is 15.5 Å². The third-order valence-corrected chi connectivity index (χ3v) is 2.46. The predicted molar refractivity (Wildman–Crippen MR) is 60.7 cm³/mol. The van der Waals surface area contributed by atoms with Gasteiger partial charge in [-0.25, -0.2) is 4.68 Å². The van der Waals surface area contributed by atoms with Crippen LogP contribution in [0.2, 0.25) is 0 Å². The van der Waals surface area contributed by atoms with Crippen LogP contribution >= 0.6 is 0 Å². The molecule has 0 amide bonds. The first kappa shape index (κ1) is 11.5. The van der Waals surface area contributed by atoms with Crippen LogP contribution < -0.4 is 4.74 Å². The minimum Gasteiger partial charge on any atom is -0.496 e. The van der Waals surface area contributed by atoms with Gasteiger partial charge < -0.3 is 9.84 Å². The molecule has 0 saturated carbocycles. The molecular formula is C11H14N4O2. The number of ether oxygens (including phenoxy) is 1. The first-order valence-electron chi connectivity index (χ1n) is 5.33. The number of benzene rings is 1. The molecule has 0 bridgehead atoms. The summed E-state index contributed by atoms with van der Waals surface area (Å²) in [6, 6.07) is 7.73. The minimum absolute atomic E-state index is 0.0178. The number of methoxy groups -OCH3 is 1. The van der Waals surface area contributed by atoms with E-state index in [4.69, 9.17) is 9.84 Å². The van der Waals surface area contributed by atoms with Crippen LogP contribution in [-0.2, 0) is 13.0 Å². The molecule has 0 atom stereocenters. The largest absolute Gasteiger partial charge is 0.496 e. The van der Waals surface area contributed by atoms with E-state index in [1.165, 1.54) is 0 Å². The number of aromatic nitrogens is 4. The highest BCUT2D eigenvalue weighted by atomic mass is 16.5. The Bertz CT molecular complexity index is 484. The average molecular weight is 234 g/mol. The molecule has 17 heavy (non-hydrogen) atoms. The van der Waals surface area contributed by atoms with E-state index in [1.54, 1.807) is 11.8 Å². The fourth-order valence-corrected chi connectivity index (χ4v) is 1.64. The van der Waals surface area contributed by atoms with Crippen molar-refractivity contribution in [1.82, 2.24) is 20.2 Å². The Balaban J connectivity index is 2.22. The second-order valence-corrected chi connectivity index (χ2v) is 3.53. The molecule has 1 heterocycles. The third-order valence-electron chi connectivity index (χ3n) is 2.46. The molecule has 2 rings (SSSR count). The number of aliphatic hydroxyl groups excluding tert-OH is 1. The van der Waals surface area contributed by atoms with Crippen molar-refractivity contribution in [3.05, 3.63) is 35.7 Å². The lowest BCUT2D eigenvalue weighted by Gasteiger charge is -2.07.